The van der Waals surface area contributed by atoms with Crippen molar-refractivity contribution >= 4 is 13.7 Å². The number of aliphatic hydroxyl groups excluding tert-OH is 1. The molecule has 1 aromatic heterocycles. The fourth-order valence-corrected chi connectivity index (χ4v) is 5.44. The van der Waals surface area contributed by atoms with Crippen LogP contribution in [-0.2, 0) is 28.1 Å². The largest absolute Gasteiger partial charge is 0.462 e. The summed E-state index contributed by atoms with van der Waals surface area (Å²) >= 11 is 0. The van der Waals surface area contributed by atoms with Crippen LogP contribution in [0, 0.1) is 0 Å². The summed E-state index contributed by atoms with van der Waals surface area (Å²) in [5.41, 5.74) is -2.83. The molecule has 0 spiro atoms. The normalized spacial score (nSPS) is 27.5. The molecule has 0 aliphatic carbocycles. The molecule has 2 aliphatic heterocycles. The van der Waals surface area contributed by atoms with Crippen LogP contribution < -0.4 is 20.9 Å². The third kappa shape index (κ3) is 5.46. The lowest BCUT2D eigenvalue weighted by molar-refractivity contribution is -0.185. The molecule has 2 bridgehead atoms. The summed E-state index contributed by atoms with van der Waals surface area (Å²) in [4.78, 5) is 38.1. The fourth-order valence-electron chi connectivity index (χ4n) is 3.90. The SMILES string of the molecule is CC(C)OC(=O)C(C)NP(=O)(OCC12COC(C(n3ccc(=O)[nH]c3=O)O1)C2O)Oc1ccccc1. The minimum absolute atomic E-state index is 0.121. The van der Waals surface area contributed by atoms with E-state index in [4.69, 9.17) is 23.3 Å². The van der Waals surface area contributed by atoms with Gasteiger partial charge in [-0.05, 0) is 32.9 Å². The van der Waals surface area contributed by atoms with Crippen LogP contribution >= 0.6 is 7.75 Å². The number of aromatic nitrogens is 2. The molecule has 3 heterocycles. The Kier molecular flexibility index (Phi) is 7.51. The zero-order valence-corrected chi connectivity index (χ0v) is 20.8. The molecule has 13 nitrogen and oxygen atoms in total. The van der Waals surface area contributed by atoms with Gasteiger partial charge in [-0.2, -0.15) is 5.09 Å². The van der Waals surface area contributed by atoms with Crippen LogP contribution in [0.3, 0.4) is 0 Å². The predicted octanol–water partition coefficient (Wildman–Crippen LogP) is 0.697. The van der Waals surface area contributed by atoms with E-state index >= 15 is 0 Å². The molecule has 2 aromatic rings. The number of carbonyl (C=O) groups excluding carboxylic acids is 1. The fraction of sp³-hybridized carbons (Fsp3) is 0.500. The Balaban J connectivity index is 1.54. The Labute approximate surface area is 205 Å². The molecule has 0 amide bonds. The number of aromatic amines is 1. The molecule has 0 saturated carbocycles. The Morgan fingerprint density at radius 2 is 2.00 bits per heavy atom. The van der Waals surface area contributed by atoms with Gasteiger partial charge in [0.25, 0.3) is 5.56 Å². The summed E-state index contributed by atoms with van der Waals surface area (Å²) < 4.78 is 42.8. The van der Waals surface area contributed by atoms with Gasteiger partial charge in [0.05, 0.1) is 19.3 Å². The van der Waals surface area contributed by atoms with E-state index in [1.54, 1.807) is 44.2 Å². The van der Waals surface area contributed by atoms with Crippen molar-refractivity contribution in [3.05, 3.63) is 63.4 Å². The Hall–Kier alpha value is -2.80. The average molecular weight is 525 g/mol. The Morgan fingerprint density at radius 1 is 1.28 bits per heavy atom. The highest BCUT2D eigenvalue weighted by Crippen LogP contribution is 2.50. The zero-order chi connectivity index (χ0) is 26.1. The maximum atomic E-state index is 13.7. The smallest absolute Gasteiger partial charge is 0.459 e. The van der Waals surface area contributed by atoms with Crippen molar-refractivity contribution in [2.75, 3.05) is 13.2 Å². The molecule has 14 heteroatoms. The number of fused-ring (bicyclic) bond motifs is 2. The maximum Gasteiger partial charge on any atom is 0.459 e. The number of hydrogen-bond acceptors (Lipinski definition) is 10. The number of H-pyrrole nitrogens is 1. The van der Waals surface area contributed by atoms with Crippen LogP contribution in [0.15, 0.2) is 52.2 Å². The first-order valence-electron chi connectivity index (χ1n) is 11.3. The summed E-state index contributed by atoms with van der Waals surface area (Å²) in [6.45, 7) is 4.22. The minimum atomic E-state index is -4.23. The van der Waals surface area contributed by atoms with E-state index in [0.29, 0.717) is 0 Å². The van der Waals surface area contributed by atoms with Gasteiger partial charge in [0.1, 0.15) is 29.6 Å². The van der Waals surface area contributed by atoms with Crippen LogP contribution in [-0.4, -0.2) is 63.8 Å². The summed E-state index contributed by atoms with van der Waals surface area (Å²) in [5.74, 6) is -0.455. The molecule has 2 fully saturated rings. The number of carbonyl (C=O) groups is 1. The molecule has 0 radical (unpaired) electrons. The second-order valence-electron chi connectivity index (χ2n) is 8.82. The van der Waals surface area contributed by atoms with Crippen molar-refractivity contribution in [3.8, 4) is 5.75 Å². The molecule has 6 unspecified atom stereocenters. The molecule has 4 rings (SSSR count). The van der Waals surface area contributed by atoms with Crippen LogP contribution in [0.25, 0.3) is 0 Å². The van der Waals surface area contributed by atoms with Crippen molar-refractivity contribution in [1.82, 2.24) is 14.6 Å². The predicted molar refractivity (Wildman–Crippen MR) is 124 cm³/mol. The van der Waals surface area contributed by atoms with Crippen molar-refractivity contribution in [1.29, 1.82) is 0 Å². The van der Waals surface area contributed by atoms with Crippen LogP contribution in [0.2, 0.25) is 0 Å². The second-order valence-corrected chi connectivity index (χ2v) is 10.5. The van der Waals surface area contributed by atoms with Gasteiger partial charge < -0.3 is 23.8 Å². The van der Waals surface area contributed by atoms with Gasteiger partial charge in [0.15, 0.2) is 6.23 Å². The van der Waals surface area contributed by atoms with Gasteiger partial charge in [-0.3, -0.25) is 23.7 Å². The van der Waals surface area contributed by atoms with Gasteiger partial charge >= 0.3 is 19.4 Å². The molecule has 1 aromatic carbocycles. The van der Waals surface area contributed by atoms with E-state index in [0.717, 1.165) is 10.6 Å². The first kappa shape index (κ1) is 26.3. The van der Waals surface area contributed by atoms with E-state index in [1.165, 1.54) is 13.1 Å². The molecule has 196 valence electrons. The first-order valence-corrected chi connectivity index (χ1v) is 12.8. The first-order chi connectivity index (χ1) is 17.0. The Morgan fingerprint density at radius 3 is 2.67 bits per heavy atom. The summed E-state index contributed by atoms with van der Waals surface area (Å²) in [5, 5.41) is 13.4. The molecular formula is C22H28N3O10P. The monoisotopic (exact) mass is 525 g/mol. The molecule has 3 N–H and O–H groups in total. The van der Waals surface area contributed by atoms with Gasteiger partial charge in [-0.25, -0.2) is 9.36 Å². The van der Waals surface area contributed by atoms with Gasteiger partial charge in [-0.15, -0.1) is 0 Å². The molecule has 6 atom stereocenters. The van der Waals surface area contributed by atoms with E-state index in [1.807, 2.05) is 0 Å². The number of para-hydroxylation sites is 1. The van der Waals surface area contributed by atoms with E-state index in [2.05, 4.69) is 10.1 Å². The van der Waals surface area contributed by atoms with Gasteiger partial charge in [0, 0.05) is 12.3 Å². The summed E-state index contributed by atoms with van der Waals surface area (Å²) in [6, 6.07) is 8.26. The van der Waals surface area contributed by atoms with E-state index < -0.39 is 61.7 Å². The third-order valence-corrected chi connectivity index (χ3v) is 7.26. The lowest BCUT2D eigenvalue weighted by Gasteiger charge is -2.32. The van der Waals surface area contributed by atoms with Crippen LogP contribution in [0.5, 0.6) is 5.75 Å². The number of esters is 1. The van der Waals surface area contributed by atoms with Crippen LogP contribution in [0.1, 0.15) is 27.0 Å². The highest BCUT2D eigenvalue weighted by atomic mass is 31.2. The molecule has 2 aliphatic rings. The number of ether oxygens (including phenoxy) is 3. The number of nitrogens with zero attached hydrogens (tertiary/aromatic N) is 1. The summed E-state index contributed by atoms with van der Waals surface area (Å²) in [7, 11) is -4.23. The molecular weight excluding hydrogens is 497 g/mol. The lowest BCUT2D eigenvalue weighted by atomic mass is 10.0. The van der Waals surface area contributed by atoms with Crippen molar-refractivity contribution < 1.29 is 37.7 Å². The van der Waals surface area contributed by atoms with Gasteiger partial charge in [-0.1, -0.05) is 18.2 Å². The lowest BCUT2D eigenvalue weighted by Crippen LogP contribution is -2.46. The Bertz CT molecular complexity index is 1250. The number of benzene rings is 1. The van der Waals surface area contributed by atoms with Crippen LogP contribution in [0.4, 0.5) is 0 Å². The number of nitrogens with one attached hydrogen (secondary N) is 2. The number of aliphatic hydroxyl groups is 1. The molecule has 2 saturated heterocycles. The second kappa shape index (κ2) is 10.3. The number of rotatable bonds is 10. The topological polar surface area (TPSA) is 167 Å². The zero-order valence-electron chi connectivity index (χ0n) is 19.9. The number of hydrogen-bond donors (Lipinski definition) is 3. The quantitative estimate of drug-likeness (QED) is 0.295. The minimum Gasteiger partial charge on any atom is -0.462 e. The highest BCUT2D eigenvalue weighted by Gasteiger charge is 2.62. The summed E-state index contributed by atoms with van der Waals surface area (Å²) in [6.07, 6.45) is -2.43. The van der Waals surface area contributed by atoms with Crippen molar-refractivity contribution in [2.45, 2.75) is 57.0 Å². The van der Waals surface area contributed by atoms with Gasteiger partial charge in [0.2, 0.25) is 0 Å². The molecule has 36 heavy (non-hydrogen) atoms. The van der Waals surface area contributed by atoms with Crippen molar-refractivity contribution in [2.24, 2.45) is 0 Å². The van der Waals surface area contributed by atoms with E-state index in [9.17, 15) is 24.1 Å². The highest BCUT2D eigenvalue weighted by molar-refractivity contribution is 7.52. The van der Waals surface area contributed by atoms with Crippen molar-refractivity contribution in [3.63, 3.8) is 0 Å². The maximum absolute atomic E-state index is 13.7. The standard InChI is InChI=1S/C22H28N3O10P/c1-13(2)33-20(28)14(3)24-36(30,35-15-7-5-4-6-8-15)32-12-22-11-31-17(18(22)27)19(34-22)25-10-9-16(26)23-21(25)29/h4-10,13-14,17-19,27H,11-12H2,1-3H3,(H,24,30)(H,23,26,29). The average Bonchev–Trinajstić information content (AvgIpc) is 3.27. The third-order valence-electron chi connectivity index (χ3n) is 5.64. The van der Waals surface area contributed by atoms with E-state index in [-0.39, 0.29) is 18.5 Å².